The summed E-state index contributed by atoms with van der Waals surface area (Å²) in [6, 6.07) is 17.6. The van der Waals surface area contributed by atoms with Crippen molar-refractivity contribution >= 4 is 16.7 Å². The Morgan fingerprint density at radius 2 is 1.82 bits per heavy atom. The molecule has 2 aromatic rings. The minimum atomic E-state index is -1.27. The number of nitriles is 1. The number of nitrogens with two attached hydrogens (primary N) is 1. The highest BCUT2D eigenvalue weighted by Gasteiger charge is 2.39. The zero-order valence-corrected chi connectivity index (χ0v) is 17.7. The highest BCUT2D eigenvalue weighted by molar-refractivity contribution is 7.84. The van der Waals surface area contributed by atoms with Crippen LogP contribution in [0.4, 0.5) is 5.69 Å². The third kappa shape index (κ3) is 4.63. The van der Waals surface area contributed by atoms with Gasteiger partial charge in [0.25, 0.3) is 0 Å². The molecule has 0 radical (unpaired) electrons. The Kier molecular flexibility index (Phi) is 5.92. The second-order valence-electron chi connectivity index (χ2n) is 8.69. The molecule has 0 bridgehead atoms. The molecular weight excluding hydrogens is 366 g/mol. The second kappa shape index (κ2) is 8.06. The molecule has 0 amide bonds. The molecule has 5 heteroatoms. The molecule has 0 spiro atoms. The maximum atomic E-state index is 13.2. The molecule has 3 rings (SSSR count). The van der Waals surface area contributed by atoms with Gasteiger partial charge in [0.05, 0.1) is 32.9 Å². The minimum Gasteiger partial charge on any atom is -0.399 e. The molecular formula is C23H29N3OS. The number of rotatable bonds is 7. The number of nitrogen functional groups attached to an aromatic ring is 1. The van der Waals surface area contributed by atoms with Crippen LogP contribution in [-0.2, 0) is 16.5 Å². The molecule has 0 saturated heterocycles. The third-order valence-electron chi connectivity index (χ3n) is 5.33. The Balaban J connectivity index is 2.13. The Morgan fingerprint density at radius 1 is 1.14 bits per heavy atom. The highest BCUT2D eigenvalue weighted by Crippen LogP contribution is 2.42. The summed E-state index contributed by atoms with van der Waals surface area (Å²) in [6.45, 7) is 5.92. The van der Waals surface area contributed by atoms with Gasteiger partial charge in [-0.25, -0.2) is 8.93 Å². The van der Waals surface area contributed by atoms with Crippen molar-refractivity contribution in [3.8, 4) is 6.07 Å². The molecule has 1 aliphatic carbocycles. The molecule has 0 aromatic heterocycles. The smallest absolute Gasteiger partial charge is 0.0991 e. The lowest BCUT2D eigenvalue weighted by Gasteiger charge is -2.38. The van der Waals surface area contributed by atoms with E-state index in [9.17, 15) is 9.47 Å². The Bertz CT molecular complexity index is 891. The summed E-state index contributed by atoms with van der Waals surface area (Å²) < 4.78 is 16.3. The fourth-order valence-corrected chi connectivity index (χ4v) is 4.36. The van der Waals surface area contributed by atoms with Crippen LogP contribution in [0.1, 0.15) is 63.1 Å². The van der Waals surface area contributed by atoms with Gasteiger partial charge in [-0.2, -0.15) is 5.26 Å². The first-order valence-corrected chi connectivity index (χ1v) is 11.0. The number of nitrogens with zero attached hydrogens (tertiary/aromatic N) is 1. The standard InChI is InChI=1S/C23H29N3OS/c1-22(2,3)28(27)26-23(14-13-17-7-8-17,20-5-4-6-21(25)15-20)19-11-9-18(16-24)10-12-19/h4-6,9-12,15,17,26H,7-8,13-14,25H2,1-3H3/t23?,28-/m1/s1. The van der Waals surface area contributed by atoms with Gasteiger partial charge in [0.15, 0.2) is 0 Å². The summed E-state index contributed by atoms with van der Waals surface area (Å²) in [5.74, 6) is 0.740. The number of nitrogens with one attached hydrogen (secondary N) is 1. The van der Waals surface area contributed by atoms with Gasteiger partial charge in [0.2, 0.25) is 0 Å². The number of hydrogen-bond acceptors (Lipinski definition) is 3. The zero-order chi connectivity index (χ0) is 20.4. The summed E-state index contributed by atoms with van der Waals surface area (Å²) in [5, 5.41) is 9.19. The zero-order valence-electron chi connectivity index (χ0n) is 16.9. The number of anilines is 1. The molecule has 148 valence electrons. The lowest BCUT2D eigenvalue weighted by atomic mass is 9.79. The van der Waals surface area contributed by atoms with Crippen molar-refractivity contribution in [2.24, 2.45) is 5.92 Å². The van der Waals surface area contributed by atoms with Crippen LogP contribution in [0, 0.1) is 17.2 Å². The average molecular weight is 396 g/mol. The normalized spacial score (nSPS) is 17.5. The second-order valence-corrected chi connectivity index (χ2v) is 10.7. The van der Waals surface area contributed by atoms with Gasteiger partial charge in [-0.15, -0.1) is 0 Å². The fraction of sp³-hybridized carbons (Fsp3) is 0.435. The average Bonchev–Trinajstić information content (AvgIpc) is 3.49. The van der Waals surface area contributed by atoms with Gasteiger partial charge in [0, 0.05) is 5.69 Å². The third-order valence-corrected chi connectivity index (χ3v) is 6.98. The highest BCUT2D eigenvalue weighted by atomic mass is 32.2. The summed E-state index contributed by atoms with van der Waals surface area (Å²) in [5.41, 5.74) is 8.82. The lowest BCUT2D eigenvalue weighted by molar-refractivity contribution is 0.416. The van der Waals surface area contributed by atoms with E-state index >= 15 is 0 Å². The van der Waals surface area contributed by atoms with Crippen LogP contribution < -0.4 is 10.5 Å². The van der Waals surface area contributed by atoms with Gasteiger partial charge in [-0.3, -0.25) is 0 Å². The summed E-state index contributed by atoms with van der Waals surface area (Å²) >= 11 is 0. The van der Waals surface area contributed by atoms with E-state index in [4.69, 9.17) is 5.73 Å². The Morgan fingerprint density at radius 3 is 2.36 bits per heavy atom. The van der Waals surface area contributed by atoms with Crippen LogP contribution in [0.25, 0.3) is 0 Å². The van der Waals surface area contributed by atoms with Crippen LogP contribution in [0.3, 0.4) is 0 Å². The van der Waals surface area contributed by atoms with Crippen molar-refractivity contribution in [1.82, 2.24) is 4.72 Å². The maximum absolute atomic E-state index is 13.2. The van der Waals surface area contributed by atoms with E-state index in [1.54, 1.807) is 0 Å². The molecule has 1 aliphatic rings. The predicted molar refractivity (Wildman–Crippen MR) is 116 cm³/mol. The quantitative estimate of drug-likeness (QED) is 0.671. The van der Waals surface area contributed by atoms with Crippen molar-refractivity contribution in [2.45, 2.75) is 56.7 Å². The number of hydrogen-bond donors (Lipinski definition) is 2. The fourth-order valence-electron chi connectivity index (χ4n) is 3.40. The van der Waals surface area contributed by atoms with Crippen LogP contribution in [0.15, 0.2) is 48.5 Å². The van der Waals surface area contributed by atoms with Gasteiger partial charge in [-0.1, -0.05) is 37.1 Å². The van der Waals surface area contributed by atoms with E-state index in [0.29, 0.717) is 11.3 Å². The first-order chi connectivity index (χ1) is 13.2. The minimum absolute atomic E-state index is 0.405. The molecule has 0 heterocycles. The van der Waals surface area contributed by atoms with E-state index in [1.165, 1.54) is 12.8 Å². The molecule has 2 atom stereocenters. The van der Waals surface area contributed by atoms with E-state index in [1.807, 2.05) is 69.3 Å². The topological polar surface area (TPSA) is 78.9 Å². The molecule has 0 aliphatic heterocycles. The maximum Gasteiger partial charge on any atom is 0.0991 e. The molecule has 4 nitrogen and oxygen atoms in total. The Labute approximate surface area is 170 Å². The van der Waals surface area contributed by atoms with Crippen LogP contribution in [0.2, 0.25) is 0 Å². The lowest BCUT2D eigenvalue weighted by Crippen LogP contribution is -2.49. The molecule has 1 fully saturated rings. The molecule has 3 N–H and O–H groups in total. The van der Waals surface area contributed by atoms with Crippen LogP contribution in [0.5, 0.6) is 0 Å². The summed E-state index contributed by atoms with van der Waals surface area (Å²) in [7, 11) is -1.27. The summed E-state index contributed by atoms with van der Waals surface area (Å²) in [6.07, 6.45) is 4.42. The largest absolute Gasteiger partial charge is 0.399 e. The van der Waals surface area contributed by atoms with E-state index in [0.717, 1.165) is 29.9 Å². The molecule has 1 saturated carbocycles. The molecule has 28 heavy (non-hydrogen) atoms. The van der Waals surface area contributed by atoms with Crippen LogP contribution in [-0.4, -0.2) is 8.96 Å². The van der Waals surface area contributed by atoms with Crippen molar-refractivity contribution < 1.29 is 4.21 Å². The van der Waals surface area contributed by atoms with Gasteiger partial charge in [-0.05, 0) is 74.9 Å². The first kappa shape index (κ1) is 20.6. The van der Waals surface area contributed by atoms with Crippen molar-refractivity contribution in [3.05, 3.63) is 65.2 Å². The van der Waals surface area contributed by atoms with Gasteiger partial charge >= 0.3 is 0 Å². The Hall–Kier alpha value is -2.16. The SMILES string of the molecule is CC(C)(C)[S@@](=O)NC(CCC1CC1)(c1ccc(C#N)cc1)c1cccc(N)c1. The van der Waals surface area contributed by atoms with E-state index in [-0.39, 0.29) is 0 Å². The summed E-state index contributed by atoms with van der Waals surface area (Å²) in [4.78, 5) is 0. The van der Waals surface area contributed by atoms with E-state index in [2.05, 4.69) is 10.8 Å². The number of benzene rings is 2. The first-order valence-electron chi connectivity index (χ1n) is 9.81. The van der Waals surface area contributed by atoms with Crippen LogP contribution >= 0.6 is 0 Å². The molecule has 1 unspecified atom stereocenters. The van der Waals surface area contributed by atoms with Gasteiger partial charge < -0.3 is 5.73 Å². The van der Waals surface area contributed by atoms with E-state index < -0.39 is 21.3 Å². The van der Waals surface area contributed by atoms with Gasteiger partial charge in [0.1, 0.15) is 0 Å². The molecule has 2 aromatic carbocycles. The predicted octanol–water partition coefficient (Wildman–Crippen LogP) is 4.63. The van der Waals surface area contributed by atoms with Crippen molar-refractivity contribution in [3.63, 3.8) is 0 Å². The van der Waals surface area contributed by atoms with Crippen molar-refractivity contribution in [2.75, 3.05) is 5.73 Å². The monoisotopic (exact) mass is 395 g/mol. The van der Waals surface area contributed by atoms with Crippen molar-refractivity contribution in [1.29, 1.82) is 5.26 Å².